The van der Waals surface area contributed by atoms with Gasteiger partial charge in [-0.1, -0.05) is 365 Å². The fraction of sp³-hybridized carbons (Fsp3) is 0.914. The van der Waals surface area contributed by atoms with Gasteiger partial charge in [0.05, 0.1) is 32.0 Å². The van der Waals surface area contributed by atoms with Gasteiger partial charge in [-0.3, -0.25) is 4.79 Å². The molecule has 0 bridgehead atoms. The van der Waals surface area contributed by atoms with Crippen LogP contribution in [0.2, 0.25) is 0 Å². The Kier molecular flexibility index (Phi) is 61.6. The van der Waals surface area contributed by atoms with Crippen molar-refractivity contribution in [2.45, 2.75) is 453 Å². The number of carbonyl (C=O) groups excluding carboxylic acids is 1. The summed E-state index contributed by atoms with van der Waals surface area (Å²) in [5, 5.41) is 87.6. The Morgan fingerprint density at radius 1 is 0.368 bits per heavy atom. The van der Waals surface area contributed by atoms with Gasteiger partial charge in [0.2, 0.25) is 5.91 Å². The lowest BCUT2D eigenvalue weighted by atomic mass is 9.97. The van der Waals surface area contributed by atoms with Crippen LogP contribution in [0.4, 0.5) is 0 Å². The van der Waals surface area contributed by atoms with Gasteiger partial charge >= 0.3 is 0 Å². The Balaban J connectivity index is 1.61. The molecule has 560 valence electrons. The maximum absolute atomic E-state index is 13.4. The fourth-order valence-corrected chi connectivity index (χ4v) is 13.6. The van der Waals surface area contributed by atoms with Gasteiger partial charge in [0, 0.05) is 6.42 Å². The van der Waals surface area contributed by atoms with Crippen molar-refractivity contribution in [1.82, 2.24) is 5.32 Å². The molecule has 2 aliphatic rings. The molecule has 0 saturated carbocycles. The topological polar surface area (TPSA) is 228 Å². The van der Waals surface area contributed by atoms with Crippen molar-refractivity contribution in [3.05, 3.63) is 36.5 Å². The maximum atomic E-state index is 13.4. The zero-order chi connectivity index (χ0) is 68.7. The number of ether oxygens (including phenoxy) is 4. The highest BCUT2D eigenvalue weighted by atomic mass is 16.7. The molecule has 2 heterocycles. The lowest BCUT2D eigenvalue weighted by molar-refractivity contribution is -0.359. The molecule has 0 spiro atoms. The Bertz CT molecular complexity index is 1730. The summed E-state index contributed by atoms with van der Waals surface area (Å²) in [4.78, 5) is 13.4. The second kappa shape index (κ2) is 65.5. The van der Waals surface area contributed by atoms with Gasteiger partial charge in [-0.05, 0) is 44.9 Å². The number of hydrogen-bond acceptors (Lipinski definition) is 13. The van der Waals surface area contributed by atoms with E-state index < -0.39 is 86.8 Å². The summed E-state index contributed by atoms with van der Waals surface area (Å²) >= 11 is 0. The van der Waals surface area contributed by atoms with Crippen LogP contribution in [0.15, 0.2) is 36.5 Å². The Morgan fingerprint density at radius 3 is 1.03 bits per heavy atom. The number of hydrogen-bond donors (Lipinski definition) is 9. The quantitative estimate of drug-likeness (QED) is 0.0204. The Hall–Kier alpha value is -1.79. The predicted octanol–water partition coefficient (Wildman–Crippen LogP) is 18.4. The number of nitrogens with one attached hydrogen (secondary N) is 1. The van der Waals surface area contributed by atoms with E-state index >= 15 is 0 Å². The first-order valence-electron chi connectivity index (χ1n) is 40.7. The van der Waals surface area contributed by atoms with Crippen LogP contribution in [-0.4, -0.2) is 140 Å². The van der Waals surface area contributed by atoms with Crippen molar-refractivity contribution in [2.75, 3.05) is 19.8 Å². The summed E-state index contributed by atoms with van der Waals surface area (Å²) in [6.45, 7) is 2.84. The molecule has 0 aromatic heterocycles. The van der Waals surface area contributed by atoms with Gasteiger partial charge in [-0.25, -0.2) is 0 Å². The summed E-state index contributed by atoms with van der Waals surface area (Å²) in [6, 6.07) is -0.938. The first-order chi connectivity index (χ1) is 46.6. The summed E-state index contributed by atoms with van der Waals surface area (Å²) in [6.07, 6.45) is 69.6. The summed E-state index contributed by atoms with van der Waals surface area (Å²) in [5.41, 5.74) is 0. The van der Waals surface area contributed by atoms with Crippen molar-refractivity contribution >= 4 is 5.91 Å². The standard InChI is InChI=1S/C81H153NO13/c1-3-5-7-9-11-13-15-17-19-21-23-25-27-29-30-31-32-33-34-35-36-37-38-39-41-43-45-47-49-51-53-55-57-59-61-63-65-73(86)82-69(68-92-80-78(91)76(89)79(72(67-84)94-80)95-81-77(90)75(88)74(87)71(66-83)93-81)70(85)64-62-60-58-56-54-52-50-48-46-44-42-40-28-26-24-22-20-18-16-14-12-10-8-6-4-2/h46,48,54,56,62,64,69-72,74-81,83-85,87-91H,3-45,47,49-53,55,57-61,63,65-68H2,1-2H3,(H,82,86)/b48-46+,56-54+,64-62+. The van der Waals surface area contributed by atoms with E-state index in [9.17, 15) is 45.6 Å². The van der Waals surface area contributed by atoms with E-state index in [2.05, 4.69) is 43.5 Å². The van der Waals surface area contributed by atoms with Crippen LogP contribution >= 0.6 is 0 Å². The fourth-order valence-electron chi connectivity index (χ4n) is 13.6. The van der Waals surface area contributed by atoms with E-state index in [4.69, 9.17) is 18.9 Å². The smallest absolute Gasteiger partial charge is 0.220 e. The molecule has 0 radical (unpaired) electrons. The molecule has 2 saturated heterocycles. The molecule has 0 aliphatic carbocycles. The SMILES string of the molecule is CCCCCCCCCCCCCCCCC/C=C/CC/C=C/CC/C=C/C(O)C(COC1OC(CO)C(OC2OC(CO)C(O)C(O)C2O)C(O)C1O)NC(=O)CCCCCCCCCCCCCCCCCCCCCCCCCCCCCCCCCCCCCC. The largest absolute Gasteiger partial charge is 0.394 e. The van der Waals surface area contributed by atoms with Crippen molar-refractivity contribution in [2.24, 2.45) is 0 Å². The first kappa shape index (κ1) is 89.3. The van der Waals surface area contributed by atoms with Crippen molar-refractivity contribution in [1.29, 1.82) is 0 Å². The molecule has 0 aromatic carbocycles. The minimum Gasteiger partial charge on any atom is -0.394 e. The summed E-state index contributed by atoms with van der Waals surface area (Å²) < 4.78 is 22.9. The molecule has 2 rings (SSSR count). The molecule has 2 fully saturated rings. The maximum Gasteiger partial charge on any atom is 0.220 e. The first-order valence-corrected chi connectivity index (χ1v) is 40.7. The average molecular weight is 1350 g/mol. The number of amides is 1. The number of allylic oxidation sites excluding steroid dienone is 5. The summed E-state index contributed by atoms with van der Waals surface area (Å²) in [7, 11) is 0. The van der Waals surface area contributed by atoms with E-state index in [0.29, 0.717) is 12.8 Å². The number of carbonyl (C=O) groups is 1. The molecule has 0 aromatic rings. The Labute approximate surface area is 582 Å². The normalized spacial score (nSPS) is 22.5. The lowest BCUT2D eigenvalue weighted by Crippen LogP contribution is -2.65. The predicted molar refractivity (Wildman–Crippen MR) is 392 cm³/mol. The molecule has 12 atom stereocenters. The van der Waals surface area contributed by atoms with Crippen LogP contribution in [0.1, 0.15) is 380 Å². The average Bonchev–Trinajstić information content (AvgIpc) is 0.811. The highest BCUT2D eigenvalue weighted by molar-refractivity contribution is 5.76. The number of unbranched alkanes of at least 4 members (excludes halogenated alkanes) is 52. The van der Waals surface area contributed by atoms with Gasteiger partial charge in [-0.2, -0.15) is 0 Å². The molecule has 2 aliphatic heterocycles. The van der Waals surface area contributed by atoms with Crippen molar-refractivity contribution in [3.63, 3.8) is 0 Å². The van der Waals surface area contributed by atoms with Crippen LogP contribution in [0, 0.1) is 0 Å². The van der Waals surface area contributed by atoms with Gasteiger partial charge < -0.3 is 65.1 Å². The highest BCUT2D eigenvalue weighted by Crippen LogP contribution is 2.30. The lowest BCUT2D eigenvalue weighted by Gasteiger charge is -2.46. The van der Waals surface area contributed by atoms with Gasteiger partial charge in [0.1, 0.15) is 48.8 Å². The monoisotopic (exact) mass is 1350 g/mol. The highest BCUT2D eigenvalue weighted by Gasteiger charge is 2.51. The second-order valence-corrected chi connectivity index (χ2v) is 28.9. The van der Waals surface area contributed by atoms with Crippen LogP contribution in [0.5, 0.6) is 0 Å². The number of aliphatic hydroxyl groups excluding tert-OH is 8. The van der Waals surface area contributed by atoms with Crippen LogP contribution < -0.4 is 5.32 Å². The van der Waals surface area contributed by atoms with Crippen LogP contribution in [-0.2, 0) is 23.7 Å². The van der Waals surface area contributed by atoms with Crippen molar-refractivity contribution < 1.29 is 64.6 Å². The molecule has 95 heavy (non-hydrogen) atoms. The number of rotatable bonds is 69. The van der Waals surface area contributed by atoms with Crippen LogP contribution in [0.3, 0.4) is 0 Å². The van der Waals surface area contributed by atoms with E-state index in [-0.39, 0.29) is 18.9 Å². The second-order valence-electron chi connectivity index (χ2n) is 28.9. The molecule has 14 heteroatoms. The summed E-state index contributed by atoms with van der Waals surface area (Å²) in [5.74, 6) is -0.245. The molecular weight excluding hydrogens is 1190 g/mol. The third-order valence-corrected chi connectivity index (χ3v) is 20.1. The van der Waals surface area contributed by atoms with E-state index in [1.54, 1.807) is 6.08 Å². The van der Waals surface area contributed by atoms with Gasteiger partial charge in [0.15, 0.2) is 12.6 Å². The zero-order valence-corrected chi connectivity index (χ0v) is 61.4. The zero-order valence-electron chi connectivity index (χ0n) is 61.4. The van der Waals surface area contributed by atoms with Gasteiger partial charge in [0.25, 0.3) is 0 Å². The van der Waals surface area contributed by atoms with Crippen molar-refractivity contribution in [3.8, 4) is 0 Å². The molecule has 1 amide bonds. The van der Waals surface area contributed by atoms with E-state index in [0.717, 1.165) is 44.9 Å². The molecule has 14 nitrogen and oxygen atoms in total. The van der Waals surface area contributed by atoms with E-state index in [1.807, 2.05) is 6.08 Å². The van der Waals surface area contributed by atoms with Crippen LogP contribution in [0.25, 0.3) is 0 Å². The van der Waals surface area contributed by atoms with E-state index in [1.165, 1.54) is 302 Å². The Morgan fingerprint density at radius 2 is 0.674 bits per heavy atom. The van der Waals surface area contributed by atoms with Gasteiger partial charge in [-0.15, -0.1) is 0 Å². The minimum atomic E-state index is -1.79. The molecular formula is C81H153NO13. The third-order valence-electron chi connectivity index (χ3n) is 20.1. The third kappa shape index (κ3) is 48.6. The minimum absolute atomic E-state index is 0.245. The molecule has 12 unspecified atom stereocenters. The number of aliphatic hydroxyl groups is 8. The molecule has 9 N–H and O–H groups in total.